The van der Waals surface area contributed by atoms with Crippen LogP contribution >= 0.6 is 11.6 Å². The first-order valence-electron chi connectivity index (χ1n) is 8.34. The molecule has 5 nitrogen and oxygen atoms in total. The monoisotopic (exact) mass is 356 g/mol. The summed E-state index contributed by atoms with van der Waals surface area (Å²) < 4.78 is 5.51. The van der Waals surface area contributed by atoms with Crippen molar-refractivity contribution in [1.82, 2.24) is 9.97 Å². The SMILES string of the molecule is Oc1c([C@H](c2ccncc2)[NH+]2CCOCC2)cc(Cl)c2cccnc12. The van der Waals surface area contributed by atoms with Crippen LogP contribution in [0.25, 0.3) is 10.9 Å². The van der Waals surface area contributed by atoms with Crippen LogP contribution in [0.2, 0.25) is 5.02 Å². The summed E-state index contributed by atoms with van der Waals surface area (Å²) in [4.78, 5) is 9.80. The Hall–Kier alpha value is -2.21. The van der Waals surface area contributed by atoms with Crippen LogP contribution in [0.3, 0.4) is 0 Å². The van der Waals surface area contributed by atoms with Crippen molar-refractivity contribution < 1.29 is 14.7 Å². The number of benzene rings is 1. The van der Waals surface area contributed by atoms with Crippen LogP contribution in [0.4, 0.5) is 0 Å². The van der Waals surface area contributed by atoms with Crippen molar-refractivity contribution in [3.8, 4) is 5.75 Å². The third-order valence-electron chi connectivity index (χ3n) is 4.74. The molecule has 0 amide bonds. The molecular formula is C19H19ClN3O2+. The molecule has 1 aliphatic rings. The molecule has 0 spiro atoms. The molecule has 0 bridgehead atoms. The van der Waals surface area contributed by atoms with Crippen LogP contribution in [0.5, 0.6) is 5.75 Å². The van der Waals surface area contributed by atoms with Gasteiger partial charge in [-0.25, -0.2) is 0 Å². The highest BCUT2D eigenvalue weighted by Gasteiger charge is 2.31. The normalized spacial score (nSPS) is 16.8. The molecule has 25 heavy (non-hydrogen) atoms. The summed E-state index contributed by atoms with van der Waals surface area (Å²) >= 11 is 6.51. The molecule has 2 aromatic heterocycles. The summed E-state index contributed by atoms with van der Waals surface area (Å²) in [7, 11) is 0. The highest BCUT2D eigenvalue weighted by Crippen LogP contribution is 2.37. The Bertz CT molecular complexity index is 882. The number of phenols is 1. The third-order valence-corrected chi connectivity index (χ3v) is 5.05. The van der Waals surface area contributed by atoms with Crippen molar-refractivity contribution in [2.75, 3.05) is 26.3 Å². The number of aromatic hydroxyl groups is 1. The second-order valence-electron chi connectivity index (χ2n) is 6.18. The van der Waals surface area contributed by atoms with Crippen LogP contribution in [0, 0.1) is 0 Å². The van der Waals surface area contributed by atoms with E-state index >= 15 is 0 Å². The second kappa shape index (κ2) is 6.96. The molecule has 0 unspecified atom stereocenters. The van der Waals surface area contributed by atoms with Crippen LogP contribution in [-0.2, 0) is 4.74 Å². The predicted molar refractivity (Wildman–Crippen MR) is 96.0 cm³/mol. The minimum absolute atomic E-state index is 0.0455. The summed E-state index contributed by atoms with van der Waals surface area (Å²) in [5.74, 6) is 0.195. The first kappa shape index (κ1) is 16.3. The zero-order valence-electron chi connectivity index (χ0n) is 13.7. The van der Waals surface area contributed by atoms with Gasteiger partial charge in [0.2, 0.25) is 0 Å². The number of hydrogen-bond acceptors (Lipinski definition) is 4. The summed E-state index contributed by atoms with van der Waals surface area (Å²) in [6, 6.07) is 9.49. The molecule has 6 heteroatoms. The van der Waals surface area contributed by atoms with E-state index in [9.17, 15) is 5.11 Å². The topological polar surface area (TPSA) is 59.7 Å². The van der Waals surface area contributed by atoms with Gasteiger partial charge in [0.1, 0.15) is 24.6 Å². The highest BCUT2D eigenvalue weighted by atomic mass is 35.5. The molecule has 2 N–H and O–H groups in total. The van der Waals surface area contributed by atoms with E-state index in [0.717, 1.165) is 29.6 Å². The summed E-state index contributed by atoms with van der Waals surface area (Å²) in [5, 5.41) is 12.3. The van der Waals surface area contributed by atoms with E-state index in [2.05, 4.69) is 9.97 Å². The zero-order valence-corrected chi connectivity index (χ0v) is 14.4. The Morgan fingerprint density at radius 2 is 1.88 bits per heavy atom. The lowest BCUT2D eigenvalue weighted by molar-refractivity contribution is -0.933. The van der Waals surface area contributed by atoms with Crippen LogP contribution in [0.1, 0.15) is 17.2 Å². The largest absolute Gasteiger partial charge is 0.505 e. The van der Waals surface area contributed by atoms with E-state index in [1.165, 1.54) is 4.90 Å². The van der Waals surface area contributed by atoms with Crippen LogP contribution in [-0.4, -0.2) is 41.4 Å². The first-order valence-corrected chi connectivity index (χ1v) is 8.72. The van der Waals surface area contributed by atoms with Crippen LogP contribution < -0.4 is 4.90 Å². The first-order chi connectivity index (χ1) is 12.3. The number of nitrogens with zero attached hydrogens (tertiary/aromatic N) is 2. The summed E-state index contributed by atoms with van der Waals surface area (Å²) in [5.41, 5.74) is 2.42. The molecule has 1 fully saturated rings. The van der Waals surface area contributed by atoms with Gasteiger partial charge in [0, 0.05) is 29.5 Å². The maximum Gasteiger partial charge on any atom is 0.151 e. The van der Waals surface area contributed by atoms with Crippen molar-refractivity contribution >= 4 is 22.5 Å². The number of hydrogen-bond donors (Lipinski definition) is 2. The molecule has 1 aliphatic heterocycles. The smallest absolute Gasteiger partial charge is 0.151 e. The Morgan fingerprint density at radius 3 is 2.64 bits per heavy atom. The number of ether oxygens (including phenoxy) is 1. The zero-order chi connectivity index (χ0) is 17.2. The van der Waals surface area contributed by atoms with E-state index in [1.54, 1.807) is 18.6 Å². The fraction of sp³-hybridized carbons (Fsp3) is 0.263. The van der Waals surface area contributed by atoms with Gasteiger partial charge < -0.3 is 14.7 Å². The van der Waals surface area contributed by atoms with E-state index in [4.69, 9.17) is 16.3 Å². The molecule has 4 rings (SSSR count). The lowest BCUT2D eigenvalue weighted by Gasteiger charge is -2.32. The Balaban J connectivity index is 1.90. The van der Waals surface area contributed by atoms with Gasteiger partial charge in [-0.1, -0.05) is 11.6 Å². The molecule has 0 aliphatic carbocycles. The maximum atomic E-state index is 11.0. The van der Waals surface area contributed by atoms with Crippen LogP contribution in [0.15, 0.2) is 48.9 Å². The molecule has 3 aromatic rings. The Kier molecular flexibility index (Phi) is 4.53. The molecular weight excluding hydrogens is 338 g/mol. The molecule has 0 radical (unpaired) electrons. The number of quaternary nitrogens is 1. The fourth-order valence-electron chi connectivity index (χ4n) is 3.54. The average Bonchev–Trinajstić information content (AvgIpc) is 2.68. The summed E-state index contributed by atoms with van der Waals surface area (Å²) in [6.45, 7) is 3.14. The minimum Gasteiger partial charge on any atom is -0.505 e. The molecule has 1 aromatic carbocycles. The highest BCUT2D eigenvalue weighted by molar-refractivity contribution is 6.35. The van der Waals surface area contributed by atoms with Crippen molar-refractivity contribution in [2.24, 2.45) is 0 Å². The Morgan fingerprint density at radius 1 is 1.12 bits per heavy atom. The molecule has 1 atom stereocenters. The summed E-state index contributed by atoms with van der Waals surface area (Å²) in [6.07, 6.45) is 5.23. The number of pyridine rings is 2. The number of morpholine rings is 1. The third kappa shape index (κ3) is 3.06. The lowest BCUT2D eigenvalue weighted by atomic mass is 9.95. The molecule has 128 valence electrons. The van der Waals surface area contributed by atoms with E-state index < -0.39 is 0 Å². The molecule has 3 heterocycles. The van der Waals surface area contributed by atoms with Crippen molar-refractivity contribution in [2.45, 2.75) is 6.04 Å². The predicted octanol–water partition coefficient (Wildman–Crippen LogP) is 1.99. The van der Waals surface area contributed by atoms with Gasteiger partial charge in [-0.2, -0.15) is 0 Å². The van der Waals surface area contributed by atoms with Gasteiger partial charge in [0.25, 0.3) is 0 Å². The van der Waals surface area contributed by atoms with Crippen molar-refractivity contribution in [3.63, 3.8) is 0 Å². The average molecular weight is 357 g/mol. The van der Waals surface area contributed by atoms with Crippen molar-refractivity contribution in [1.29, 1.82) is 0 Å². The Labute approximate surface area is 150 Å². The lowest BCUT2D eigenvalue weighted by Crippen LogP contribution is -3.14. The standard InChI is InChI=1S/C19H18ClN3O2/c20-16-12-15(19(24)17-14(16)2-1-5-22-17)18(13-3-6-21-7-4-13)23-8-10-25-11-9-23/h1-7,12,18,24H,8-11H2/p+1/t18-/m0/s1. The van der Waals surface area contributed by atoms with E-state index in [1.807, 2.05) is 30.3 Å². The van der Waals surface area contributed by atoms with E-state index in [0.29, 0.717) is 23.8 Å². The number of nitrogens with one attached hydrogen (secondary N) is 1. The van der Waals surface area contributed by atoms with Gasteiger partial charge in [-0.05, 0) is 30.3 Å². The molecule has 0 saturated carbocycles. The van der Waals surface area contributed by atoms with Gasteiger partial charge in [-0.15, -0.1) is 0 Å². The van der Waals surface area contributed by atoms with Crippen molar-refractivity contribution in [3.05, 3.63) is 65.1 Å². The minimum atomic E-state index is -0.0455. The number of aromatic nitrogens is 2. The number of rotatable bonds is 3. The van der Waals surface area contributed by atoms with E-state index in [-0.39, 0.29) is 11.8 Å². The number of phenolic OH excluding ortho intramolecular Hbond substituents is 1. The maximum absolute atomic E-state index is 11.0. The molecule has 1 saturated heterocycles. The van der Waals surface area contributed by atoms with Gasteiger partial charge >= 0.3 is 0 Å². The number of fused-ring (bicyclic) bond motifs is 1. The van der Waals surface area contributed by atoms with Gasteiger partial charge in [0.15, 0.2) is 5.75 Å². The fourth-order valence-corrected chi connectivity index (χ4v) is 3.81. The van der Waals surface area contributed by atoms with Gasteiger partial charge in [0.05, 0.1) is 23.8 Å². The number of halogens is 1. The van der Waals surface area contributed by atoms with Gasteiger partial charge in [-0.3, -0.25) is 9.97 Å². The second-order valence-corrected chi connectivity index (χ2v) is 6.59. The quantitative estimate of drug-likeness (QED) is 0.753.